The molecule has 4 nitrogen and oxygen atoms in total. The standard InChI is InChI=1S/C14H23N3OS/c1-4-12-14(11(3)18)19-13(15-12)10-17-8-6-16(5-2)7-9-17/h4-10H2,1-3H3. The van der Waals surface area contributed by atoms with Gasteiger partial charge in [-0.25, -0.2) is 4.98 Å². The summed E-state index contributed by atoms with van der Waals surface area (Å²) >= 11 is 1.58. The predicted octanol–water partition coefficient (Wildman–Crippen LogP) is 2.05. The summed E-state index contributed by atoms with van der Waals surface area (Å²) in [5, 5.41) is 1.09. The van der Waals surface area contributed by atoms with Crippen LogP contribution in [0.1, 0.15) is 41.1 Å². The number of nitrogens with zero attached hydrogens (tertiary/aromatic N) is 3. The van der Waals surface area contributed by atoms with Crippen LogP contribution in [0.5, 0.6) is 0 Å². The minimum atomic E-state index is 0.149. The zero-order valence-electron chi connectivity index (χ0n) is 12.1. The van der Waals surface area contributed by atoms with Crippen LogP contribution in [-0.4, -0.2) is 53.3 Å². The molecule has 5 heteroatoms. The third-order valence-corrected chi connectivity index (χ3v) is 4.85. The van der Waals surface area contributed by atoms with Gasteiger partial charge in [0.1, 0.15) is 5.01 Å². The molecule has 0 spiro atoms. The first-order valence-electron chi connectivity index (χ1n) is 7.08. The van der Waals surface area contributed by atoms with Gasteiger partial charge >= 0.3 is 0 Å². The van der Waals surface area contributed by atoms with Gasteiger partial charge < -0.3 is 4.90 Å². The summed E-state index contributed by atoms with van der Waals surface area (Å²) in [6.07, 6.45) is 0.842. The van der Waals surface area contributed by atoms with Crippen molar-refractivity contribution in [1.29, 1.82) is 0 Å². The number of aromatic nitrogens is 1. The zero-order valence-corrected chi connectivity index (χ0v) is 12.9. The molecule has 1 aromatic heterocycles. The van der Waals surface area contributed by atoms with Gasteiger partial charge in [0, 0.05) is 33.1 Å². The maximum Gasteiger partial charge on any atom is 0.171 e. The average molecular weight is 281 g/mol. The summed E-state index contributed by atoms with van der Waals surface area (Å²) in [4.78, 5) is 21.9. The molecule has 106 valence electrons. The van der Waals surface area contributed by atoms with Crippen LogP contribution in [0.4, 0.5) is 0 Å². The summed E-state index contributed by atoms with van der Waals surface area (Å²) in [5.74, 6) is 0.149. The van der Waals surface area contributed by atoms with Crippen molar-refractivity contribution in [2.75, 3.05) is 32.7 Å². The van der Waals surface area contributed by atoms with E-state index >= 15 is 0 Å². The molecule has 1 aromatic rings. The Kier molecular flexibility index (Phi) is 5.07. The topological polar surface area (TPSA) is 36.4 Å². The number of rotatable bonds is 5. The molecule has 2 heterocycles. The number of Topliss-reactive ketones (excluding diaryl/α,β-unsaturated/α-hetero) is 1. The van der Waals surface area contributed by atoms with Crippen molar-refractivity contribution in [2.45, 2.75) is 33.7 Å². The van der Waals surface area contributed by atoms with E-state index in [0.29, 0.717) is 0 Å². The van der Waals surface area contributed by atoms with Gasteiger partial charge in [-0.05, 0) is 13.0 Å². The second-order valence-electron chi connectivity index (χ2n) is 5.00. The predicted molar refractivity (Wildman–Crippen MR) is 78.9 cm³/mol. The molecule has 1 aliphatic rings. The fourth-order valence-corrected chi connectivity index (χ4v) is 3.53. The van der Waals surface area contributed by atoms with Crippen LogP contribution in [0.15, 0.2) is 0 Å². The molecule has 1 aliphatic heterocycles. The van der Waals surface area contributed by atoms with E-state index in [-0.39, 0.29) is 5.78 Å². The number of aryl methyl sites for hydroxylation is 1. The zero-order chi connectivity index (χ0) is 13.8. The molecule has 0 amide bonds. The van der Waals surface area contributed by atoms with Gasteiger partial charge in [0.2, 0.25) is 0 Å². The number of carbonyl (C=O) groups excluding carboxylic acids is 1. The molecule has 0 atom stereocenters. The Morgan fingerprint density at radius 2 is 1.84 bits per heavy atom. The summed E-state index contributed by atoms with van der Waals surface area (Å²) in [6, 6.07) is 0. The quantitative estimate of drug-likeness (QED) is 0.774. The van der Waals surface area contributed by atoms with E-state index in [1.54, 1.807) is 18.3 Å². The van der Waals surface area contributed by atoms with E-state index in [4.69, 9.17) is 0 Å². The number of likely N-dealkylation sites (N-methyl/N-ethyl adjacent to an activating group) is 1. The highest BCUT2D eigenvalue weighted by molar-refractivity contribution is 7.13. The molecule has 0 aromatic carbocycles. The first kappa shape index (κ1) is 14.6. The molecule has 0 aliphatic carbocycles. The Hall–Kier alpha value is -0.780. The number of hydrogen-bond acceptors (Lipinski definition) is 5. The minimum Gasteiger partial charge on any atom is -0.301 e. The molecular weight excluding hydrogens is 258 g/mol. The Balaban J connectivity index is 1.98. The van der Waals surface area contributed by atoms with Crippen LogP contribution < -0.4 is 0 Å². The van der Waals surface area contributed by atoms with E-state index in [2.05, 4.69) is 28.6 Å². The molecule has 0 bridgehead atoms. The highest BCUT2D eigenvalue weighted by atomic mass is 32.1. The molecule has 2 rings (SSSR count). The van der Waals surface area contributed by atoms with E-state index in [1.807, 2.05) is 0 Å². The van der Waals surface area contributed by atoms with E-state index in [1.165, 1.54) is 0 Å². The van der Waals surface area contributed by atoms with Crippen molar-refractivity contribution < 1.29 is 4.79 Å². The Labute approximate surface area is 119 Å². The van der Waals surface area contributed by atoms with E-state index in [9.17, 15) is 4.79 Å². The third kappa shape index (κ3) is 3.61. The maximum absolute atomic E-state index is 11.6. The first-order chi connectivity index (χ1) is 9.13. The SMILES string of the molecule is CCc1nc(CN2CCN(CC)CC2)sc1C(C)=O. The molecular formula is C14H23N3OS. The molecule has 0 radical (unpaired) electrons. The fourth-order valence-electron chi connectivity index (χ4n) is 2.44. The lowest BCUT2D eigenvalue weighted by molar-refractivity contribution is 0.102. The van der Waals surface area contributed by atoms with Crippen LogP contribution in [0, 0.1) is 0 Å². The monoisotopic (exact) mass is 281 g/mol. The smallest absolute Gasteiger partial charge is 0.171 e. The second-order valence-corrected chi connectivity index (χ2v) is 6.09. The highest BCUT2D eigenvalue weighted by Crippen LogP contribution is 2.21. The van der Waals surface area contributed by atoms with Gasteiger partial charge in [-0.1, -0.05) is 13.8 Å². The van der Waals surface area contributed by atoms with Crippen LogP contribution in [0.2, 0.25) is 0 Å². The lowest BCUT2D eigenvalue weighted by atomic mass is 10.2. The molecule has 1 saturated heterocycles. The Morgan fingerprint density at radius 1 is 1.21 bits per heavy atom. The van der Waals surface area contributed by atoms with Crippen molar-refractivity contribution in [1.82, 2.24) is 14.8 Å². The fraction of sp³-hybridized carbons (Fsp3) is 0.714. The van der Waals surface area contributed by atoms with Gasteiger partial charge in [0.05, 0.1) is 17.1 Å². The third-order valence-electron chi connectivity index (χ3n) is 3.67. The van der Waals surface area contributed by atoms with E-state index in [0.717, 1.165) is 61.3 Å². The summed E-state index contributed by atoms with van der Waals surface area (Å²) < 4.78 is 0. The normalized spacial score (nSPS) is 17.8. The van der Waals surface area contributed by atoms with Crippen LogP contribution in [0.25, 0.3) is 0 Å². The van der Waals surface area contributed by atoms with Gasteiger partial charge in [-0.15, -0.1) is 11.3 Å². The molecule has 0 saturated carbocycles. The number of piperazine rings is 1. The Morgan fingerprint density at radius 3 is 2.32 bits per heavy atom. The number of ketones is 1. The number of hydrogen-bond donors (Lipinski definition) is 0. The maximum atomic E-state index is 11.6. The van der Waals surface area contributed by atoms with Crippen LogP contribution >= 0.6 is 11.3 Å². The van der Waals surface area contributed by atoms with Crippen molar-refractivity contribution in [2.24, 2.45) is 0 Å². The second kappa shape index (κ2) is 6.59. The van der Waals surface area contributed by atoms with Crippen molar-refractivity contribution in [3.8, 4) is 0 Å². The van der Waals surface area contributed by atoms with Gasteiger partial charge in [0.15, 0.2) is 5.78 Å². The lowest BCUT2D eigenvalue weighted by Crippen LogP contribution is -2.45. The lowest BCUT2D eigenvalue weighted by Gasteiger charge is -2.33. The van der Waals surface area contributed by atoms with Crippen molar-refractivity contribution >= 4 is 17.1 Å². The summed E-state index contributed by atoms with van der Waals surface area (Å²) in [7, 11) is 0. The molecule has 1 fully saturated rings. The summed E-state index contributed by atoms with van der Waals surface area (Å²) in [6.45, 7) is 12.4. The molecule has 0 N–H and O–H groups in total. The van der Waals surface area contributed by atoms with Crippen molar-refractivity contribution in [3.63, 3.8) is 0 Å². The average Bonchev–Trinajstić information content (AvgIpc) is 2.83. The highest BCUT2D eigenvalue weighted by Gasteiger charge is 2.19. The largest absolute Gasteiger partial charge is 0.301 e. The number of thiazole rings is 1. The molecule has 19 heavy (non-hydrogen) atoms. The van der Waals surface area contributed by atoms with Crippen LogP contribution in [-0.2, 0) is 13.0 Å². The van der Waals surface area contributed by atoms with Gasteiger partial charge in [-0.3, -0.25) is 9.69 Å². The number of carbonyl (C=O) groups is 1. The minimum absolute atomic E-state index is 0.149. The summed E-state index contributed by atoms with van der Waals surface area (Å²) in [5.41, 5.74) is 0.972. The first-order valence-corrected chi connectivity index (χ1v) is 7.89. The van der Waals surface area contributed by atoms with Crippen molar-refractivity contribution in [3.05, 3.63) is 15.6 Å². The van der Waals surface area contributed by atoms with Crippen LogP contribution in [0.3, 0.4) is 0 Å². The Bertz CT molecular complexity index is 436. The van der Waals surface area contributed by atoms with Gasteiger partial charge in [-0.2, -0.15) is 0 Å². The van der Waals surface area contributed by atoms with E-state index < -0.39 is 0 Å². The molecule has 0 unspecified atom stereocenters. The van der Waals surface area contributed by atoms with Gasteiger partial charge in [0.25, 0.3) is 0 Å².